The van der Waals surface area contributed by atoms with E-state index in [1.54, 1.807) is 16.9 Å². The molecule has 4 rings (SSSR count). The van der Waals surface area contributed by atoms with E-state index in [1.807, 2.05) is 41.1 Å². The van der Waals surface area contributed by atoms with Gasteiger partial charge in [-0.1, -0.05) is 17.7 Å². The molecule has 1 aromatic carbocycles. The van der Waals surface area contributed by atoms with Crippen LogP contribution in [0.4, 0.5) is 0 Å². The summed E-state index contributed by atoms with van der Waals surface area (Å²) in [7, 11) is 2.08. The van der Waals surface area contributed by atoms with Gasteiger partial charge in [0.05, 0.1) is 12.8 Å². The van der Waals surface area contributed by atoms with E-state index in [2.05, 4.69) is 17.0 Å². The highest BCUT2D eigenvalue weighted by molar-refractivity contribution is 6.30. The zero-order chi connectivity index (χ0) is 24.1. The van der Waals surface area contributed by atoms with Crippen LogP contribution in [-0.2, 0) is 16.1 Å². The van der Waals surface area contributed by atoms with Crippen LogP contribution in [0.15, 0.2) is 36.7 Å². The molecule has 0 spiro atoms. The number of ether oxygens (including phenoxy) is 1. The van der Waals surface area contributed by atoms with Gasteiger partial charge < -0.3 is 19.4 Å². The number of aryl methyl sites for hydroxylation is 1. The van der Waals surface area contributed by atoms with Gasteiger partial charge in [-0.3, -0.25) is 14.3 Å². The first kappa shape index (κ1) is 24.5. The Morgan fingerprint density at radius 1 is 1.06 bits per heavy atom. The Balaban J connectivity index is 1.41. The van der Waals surface area contributed by atoms with E-state index in [1.165, 1.54) is 0 Å². The monoisotopic (exact) mass is 487 g/mol. The van der Waals surface area contributed by atoms with Crippen molar-refractivity contribution in [3.63, 3.8) is 0 Å². The van der Waals surface area contributed by atoms with Gasteiger partial charge in [0.25, 0.3) is 0 Å². The number of piperidine rings is 1. The first-order valence-corrected chi connectivity index (χ1v) is 12.3. The first-order chi connectivity index (χ1) is 16.3. The van der Waals surface area contributed by atoms with Crippen LogP contribution in [-0.4, -0.2) is 89.2 Å². The van der Waals surface area contributed by atoms with Gasteiger partial charge in [-0.05, 0) is 50.6 Å². The summed E-state index contributed by atoms with van der Waals surface area (Å²) in [4.78, 5) is 32.2. The van der Waals surface area contributed by atoms with Gasteiger partial charge >= 0.3 is 0 Å². The smallest absolute Gasteiger partial charge is 0.244 e. The third-order valence-electron chi connectivity index (χ3n) is 6.96. The lowest BCUT2D eigenvalue weighted by molar-refractivity contribution is -0.139. The molecule has 2 amide bonds. The van der Waals surface area contributed by atoms with E-state index in [0.29, 0.717) is 36.9 Å². The summed E-state index contributed by atoms with van der Waals surface area (Å²) in [5, 5.41) is 4.85. The summed E-state index contributed by atoms with van der Waals surface area (Å²) in [6, 6.07) is 7.35. The zero-order valence-electron chi connectivity index (χ0n) is 20.1. The molecule has 1 aromatic heterocycles. The number of amides is 2. The third kappa shape index (κ3) is 6.30. The van der Waals surface area contributed by atoms with Crippen LogP contribution in [0.1, 0.15) is 24.8 Å². The lowest BCUT2D eigenvalue weighted by Crippen LogP contribution is -2.51. The molecule has 9 heteroatoms. The van der Waals surface area contributed by atoms with Crippen molar-refractivity contribution in [1.29, 1.82) is 0 Å². The number of piperazine rings is 1. The van der Waals surface area contributed by atoms with Crippen molar-refractivity contribution in [2.75, 3.05) is 52.9 Å². The molecule has 0 radical (unpaired) electrons. The maximum absolute atomic E-state index is 13.2. The third-order valence-corrected chi connectivity index (χ3v) is 7.19. The van der Waals surface area contributed by atoms with Gasteiger partial charge in [-0.2, -0.15) is 5.10 Å². The lowest BCUT2D eigenvalue weighted by Gasteiger charge is -2.42. The minimum absolute atomic E-state index is 0.0536. The molecule has 2 aromatic rings. The molecule has 0 unspecified atom stereocenters. The molecular weight excluding hydrogens is 454 g/mol. The standard InChI is InChI=1S/C25H34ClN5O3/c1-20-16-27-31(17-20)18-24(33)29-8-6-25(7-9-29,19-34-22-5-3-4-21(26)14-22)15-23(32)30-12-10-28(2)11-13-30/h3-5,14,16-17H,6-13,15,18-19H2,1-2H3. The Kier molecular flexibility index (Phi) is 7.78. The van der Waals surface area contributed by atoms with Crippen LogP contribution >= 0.6 is 11.6 Å². The molecule has 0 bridgehead atoms. The highest BCUT2D eigenvalue weighted by Gasteiger charge is 2.40. The molecule has 8 nitrogen and oxygen atoms in total. The van der Waals surface area contributed by atoms with Crippen LogP contribution < -0.4 is 4.74 Å². The fraction of sp³-hybridized carbons (Fsp3) is 0.560. The Morgan fingerprint density at radius 2 is 1.76 bits per heavy atom. The Bertz CT molecular complexity index is 994. The first-order valence-electron chi connectivity index (χ1n) is 11.9. The molecule has 2 aliphatic heterocycles. The molecule has 3 heterocycles. The minimum atomic E-state index is -0.318. The van der Waals surface area contributed by atoms with Gasteiger partial charge in [0.1, 0.15) is 12.3 Å². The normalized spacial score (nSPS) is 18.7. The fourth-order valence-electron chi connectivity index (χ4n) is 4.68. The van der Waals surface area contributed by atoms with Crippen molar-refractivity contribution < 1.29 is 14.3 Å². The molecule has 2 aliphatic rings. The van der Waals surface area contributed by atoms with Gasteiger partial charge in [0, 0.05) is 62.3 Å². The van der Waals surface area contributed by atoms with Gasteiger partial charge in [0.2, 0.25) is 11.8 Å². The van der Waals surface area contributed by atoms with Crippen molar-refractivity contribution in [2.45, 2.75) is 32.7 Å². The Morgan fingerprint density at radius 3 is 2.41 bits per heavy atom. The van der Waals surface area contributed by atoms with Gasteiger partial charge in [0.15, 0.2) is 0 Å². The molecule has 0 saturated carbocycles. The highest BCUT2D eigenvalue weighted by Crippen LogP contribution is 2.37. The molecule has 2 saturated heterocycles. The largest absolute Gasteiger partial charge is 0.493 e. The van der Waals surface area contributed by atoms with Crippen LogP contribution in [0.2, 0.25) is 5.02 Å². The maximum Gasteiger partial charge on any atom is 0.244 e. The van der Waals surface area contributed by atoms with Gasteiger partial charge in [-0.15, -0.1) is 0 Å². The summed E-state index contributed by atoms with van der Waals surface area (Å²) in [5.74, 6) is 0.930. The van der Waals surface area contributed by atoms with Crippen LogP contribution in [0.3, 0.4) is 0 Å². The number of likely N-dealkylation sites (N-methyl/N-ethyl adjacent to an activating group) is 1. The highest BCUT2D eigenvalue weighted by atomic mass is 35.5. The molecule has 34 heavy (non-hydrogen) atoms. The van der Waals surface area contributed by atoms with E-state index in [-0.39, 0.29) is 23.8 Å². The summed E-state index contributed by atoms with van der Waals surface area (Å²) < 4.78 is 7.83. The number of likely N-dealkylation sites (tertiary alicyclic amines) is 1. The second-order valence-corrected chi connectivity index (χ2v) is 10.1. The lowest BCUT2D eigenvalue weighted by atomic mass is 9.75. The molecule has 184 valence electrons. The number of carbonyl (C=O) groups is 2. The topological polar surface area (TPSA) is 70.9 Å². The SMILES string of the molecule is Cc1cnn(CC(=O)N2CCC(COc3cccc(Cl)c3)(CC(=O)N3CCN(C)CC3)CC2)c1. The number of benzene rings is 1. The van der Waals surface area contributed by atoms with Crippen molar-refractivity contribution in [3.05, 3.63) is 47.2 Å². The molecule has 0 N–H and O–H groups in total. The Hall–Kier alpha value is -2.58. The molecule has 2 fully saturated rings. The average Bonchev–Trinajstić information content (AvgIpc) is 3.23. The van der Waals surface area contributed by atoms with E-state index in [0.717, 1.165) is 44.6 Å². The van der Waals surface area contributed by atoms with E-state index < -0.39 is 0 Å². The van der Waals surface area contributed by atoms with Crippen LogP contribution in [0.25, 0.3) is 0 Å². The predicted molar refractivity (Wildman–Crippen MR) is 131 cm³/mol. The predicted octanol–water partition coefficient (Wildman–Crippen LogP) is 2.70. The number of aromatic nitrogens is 2. The van der Waals surface area contributed by atoms with E-state index >= 15 is 0 Å². The summed E-state index contributed by atoms with van der Waals surface area (Å²) in [6.07, 6.45) is 5.50. The number of hydrogen-bond acceptors (Lipinski definition) is 5. The number of nitrogens with zero attached hydrogens (tertiary/aromatic N) is 5. The Labute approximate surface area is 206 Å². The van der Waals surface area contributed by atoms with E-state index in [4.69, 9.17) is 16.3 Å². The van der Waals surface area contributed by atoms with Crippen molar-refractivity contribution in [2.24, 2.45) is 5.41 Å². The average molecular weight is 488 g/mol. The van der Waals surface area contributed by atoms with Crippen molar-refractivity contribution in [3.8, 4) is 5.75 Å². The van der Waals surface area contributed by atoms with Crippen LogP contribution in [0, 0.1) is 12.3 Å². The number of rotatable bonds is 7. The van der Waals surface area contributed by atoms with Crippen LogP contribution in [0.5, 0.6) is 5.75 Å². The maximum atomic E-state index is 13.2. The number of halogens is 1. The van der Waals surface area contributed by atoms with Gasteiger partial charge in [-0.25, -0.2) is 0 Å². The number of hydrogen-bond donors (Lipinski definition) is 0. The zero-order valence-corrected chi connectivity index (χ0v) is 20.8. The van der Waals surface area contributed by atoms with Crippen molar-refractivity contribution in [1.82, 2.24) is 24.5 Å². The molecule has 0 aliphatic carbocycles. The van der Waals surface area contributed by atoms with Crippen molar-refractivity contribution >= 4 is 23.4 Å². The number of carbonyl (C=O) groups excluding carboxylic acids is 2. The quantitative estimate of drug-likeness (QED) is 0.600. The molecule has 0 atom stereocenters. The summed E-state index contributed by atoms with van der Waals surface area (Å²) in [5.41, 5.74) is 0.716. The molecular formula is C25H34ClN5O3. The minimum Gasteiger partial charge on any atom is -0.493 e. The summed E-state index contributed by atoms with van der Waals surface area (Å²) in [6.45, 7) is 7.14. The fourth-order valence-corrected chi connectivity index (χ4v) is 4.86. The second-order valence-electron chi connectivity index (χ2n) is 9.70. The summed E-state index contributed by atoms with van der Waals surface area (Å²) >= 11 is 6.12. The second kappa shape index (κ2) is 10.8. The van der Waals surface area contributed by atoms with E-state index in [9.17, 15) is 9.59 Å².